The van der Waals surface area contributed by atoms with Gasteiger partial charge >= 0.3 is 5.97 Å². The molecule has 1 aromatic carbocycles. The lowest BCUT2D eigenvalue weighted by atomic mass is 10.1. The lowest BCUT2D eigenvalue weighted by Gasteiger charge is -2.17. The molecular weight excluding hydrogens is 324 g/mol. The molecule has 0 saturated heterocycles. The summed E-state index contributed by atoms with van der Waals surface area (Å²) in [6, 6.07) is 3.95. The van der Waals surface area contributed by atoms with Crippen molar-refractivity contribution in [3.63, 3.8) is 0 Å². The van der Waals surface area contributed by atoms with Gasteiger partial charge in [-0.15, -0.1) is 0 Å². The van der Waals surface area contributed by atoms with Crippen LogP contribution in [0.1, 0.15) is 49.4 Å². The molecule has 0 spiro atoms. The van der Waals surface area contributed by atoms with E-state index in [0.29, 0.717) is 5.69 Å². The van der Waals surface area contributed by atoms with E-state index >= 15 is 0 Å². The average molecular weight is 348 g/mol. The monoisotopic (exact) mass is 348 g/mol. The molecule has 0 radical (unpaired) electrons. The minimum Gasteiger partial charge on any atom is -0.495 e. The van der Waals surface area contributed by atoms with E-state index in [1.807, 2.05) is 0 Å². The van der Waals surface area contributed by atoms with Crippen LogP contribution in [0.15, 0.2) is 18.2 Å². The number of hydrogen-bond acceptors (Lipinski definition) is 4. The van der Waals surface area contributed by atoms with Crippen LogP contribution in [-0.4, -0.2) is 36.0 Å². The largest absolute Gasteiger partial charge is 0.495 e. The zero-order chi connectivity index (χ0) is 18.4. The molecule has 1 aliphatic rings. The van der Waals surface area contributed by atoms with E-state index in [9.17, 15) is 14.4 Å². The van der Waals surface area contributed by atoms with Gasteiger partial charge in [0, 0.05) is 18.4 Å². The smallest absolute Gasteiger partial charge is 0.335 e. The first-order chi connectivity index (χ1) is 11.9. The Bertz CT molecular complexity index is 653. The molecule has 7 nitrogen and oxygen atoms in total. The molecule has 2 amide bonds. The van der Waals surface area contributed by atoms with Gasteiger partial charge in [-0.2, -0.15) is 0 Å². The van der Waals surface area contributed by atoms with Crippen molar-refractivity contribution in [2.24, 2.45) is 5.92 Å². The van der Waals surface area contributed by atoms with E-state index in [4.69, 9.17) is 9.84 Å². The Morgan fingerprint density at radius 1 is 1.28 bits per heavy atom. The van der Waals surface area contributed by atoms with Gasteiger partial charge in [-0.25, -0.2) is 4.79 Å². The maximum Gasteiger partial charge on any atom is 0.335 e. The van der Waals surface area contributed by atoms with E-state index in [1.54, 1.807) is 6.92 Å². The number of carboxylic acids is 1. The van der Waals surface area contributed by atoms with Crippen molar-refractivity contribution in [3.05, 3.63) is 23.8 Å². The summed E-state index contributed by atoms with van der Waals surface area (Å²) in [6.07, 6.45) is 4.12. The number of aromatic carboxylic acids is 1. The number of carbonyl (C=O) groups is 3. The fourth-order valence-corrected chi connectivity index (χ4v) is 3.01. The van der Waals surface area contributed by atoms with Crippen molar-refractivity contribution in [2.45, 2.75) is 45.1 Å². The standard InChI is InChI=1S/C18H24N2O5/c1-11(19-17(22)12-5-3-4-6-12)9-16(21)20-14-8-7-13(18(23)24)10-15(14)25-2/h7-8,10-12H,3-6,9H2,1-2H3,(H,19,22)(H,20,21)(H,23,24). The fraction of sp³-hybridized carbons (Fsp3) is 0.500. The number of rotatable bonds is 7. The second kappa shape index (κ2) is 8.50. The van der Waals surface area contributed by atoms with Crippen molar-refractivity contribution in [1.29, 1.82) is 0 Å². The molecular formula is C18H24N2O5. The Morgan fingerprint density at radius 2 is 1.96 bits per heavy atom. The average Bonchev–Trinajstić information content (AvgIpc) is 3.09. The number of nitrogens with one attached hydrogen (secondary N) is 2. The maximum absolute atomic E-state index is 12.2. The summed E-state index contributed by atoms with van der Waals surface area (Å²) in [6.45, 7) is 1.79. The number of benzene rings is 1. The molecule has 136 valence electrons. The molecule has 7 heteroatoms. The molecule has 1 saturated carbocycles. The van der Waals surface area contributed by atoms with E-state index < -0.39 is 5.97 Å². The third-order valence-electron chi connectivity index (χ3n) is 4.33. The topological polar surface area (TPSA) is 105 Å². The zero-order valence-corrected chi connectivity index (χ0v) is 14.5. The second-order valence-electron chi connectivity index (χ2n) is 6.36. The summed E-state index contributed by atoms with van der Waals surface area (Å²) < 4.78 is 5.13. The Balaban J connectivity index is 1.90. The van der Waals surface area contributed by atoms with Crippen molar-refractivity contribution in [3.8, 4) is 5.75 Å². The van der Waals surface area contributed by atoms with Gasteiger partial charge in [0.2, 0.25) is 11.8 Å². The van der Waals surface area contributed by atoms with Crippen LogP contribution in [0.4, 0.5) is 5.69 Å². The van der Waals surface area contributed by atoms with Gasteiger partial charge in [0.1, 0.15) is 5.75 Å². The van der Waals surface area contributed by atoms with E-state index in [-0.39, 0.29) is 41.5 Å². The van der Waals surface area contributed by atoms with Crippen LogP contribution in [-0.2, 0) is 9.59 Å². The van der Waals surface area contributed by atoms with Crippen LogP contribution in [0.2, 0.25) is 0 Å². The third-order valence-corrected chi connectivity index (χ3v) is 4.33. The number of carboxylic acid groups (broad SMARTS) is 1. The number of amides is 2. The maximum atomic E-state index is 12.2. The first kappa shape index (κ1) is 18.8. The first-order valence-electron chi connectivity index (χ1n) is 8.42. The number of anilines is 1. The number of methoxy groups -OCH3 is 1. The van der Waals surface area contributed by atoms with Crippen molar-refractivity contribution in [1.82, 2.24) is 5.32 Å². The van der Waals surface area contributed by atoms with Crippen LogP contribution >= 0.6 is 0 Å². The highest BCUT2D eigenvalue weighted by Crippen LogP contribution is 2.26. The Labute approximate surface area is 146 Å². The molecule has 0 aliphatic heterocycles. The molecule has 25 heavy (non-hydrogen) atoms. The molecule has 0 heterocycles. The molecule has 2 rings (SSSR count). The summed E-state index contributed by atoms with van der Waals surface area (Å²) in [7, 11) is 1.40. The van der Waals surface area contributed by atoms with Gasteiger partial charge in [0.15, 0.2) is 0 Å². The number of ether oxygens (including phenoxy) is 1. The van der Waals surface area contributed by atoms with Crippen LogP contribution in [0.3, 0.4) is 0 Å². The molecule has 1 unspecified atom stereocenters. The summed E-state index contributed by atoms with van der Waals surface area (Å²) in [5.74, 6) is -0.994. The van der Waals surface area contributed by atoms with E-state index in [1.165, 1.54) is 25.3 Å². The Hall–Kier alpha value is -2.57. The highest BCUT2D eigenvalue weighted by molar-refractivity contribution is 5.95. The van der Waals surface area contributed by atoms with Gasteiger partial charge in [0.05, 0.1) is 18.4 Å². The van der Waals surface area contributed by atoms with Gasteiger partial charge in [0.25, 0.3) is 0 Å². The third kappa shape index (κ3) is 5.20. The fourth-order valence-electron chi connectivity index (χ4n) is 3.01. The highest BCUT2D eigenvalue weighted by atomic mass is 16.5. The predicted molar refractivity (Wildman–Crippen MR) is 92.8 cm³/mol. The van der Waals surface area contributed by atoms with Crippen molar-refractivity contribution in [2.75, 3.05) is 12.4 Å². The molecule has 0 aromatic heterocycles. The van der Waals surface area contributed by atoms with Crippen LogP contribution in [0.5, 0.6) is 5.75 Å². The van der Waals surface area contributed by atoms with Gasteiger partial charge in [-0.05, 0) is 38.0 Å². The normalized spacial score (nSPS) is 15.4. The molecule has 1 aliphatic carbocycles. The lowest BCUT2D eigenvalue weighted by molar-refractivity contribution is -0.125. The van der Waals surface area contributed by atoms with E-state index in [2.05, 4.69) is 10.6 Å². The van der Waals surface area contributed by atoms with Crippen LogP contribution in [0.25, 0.3) is 0 Å². The minimum atomic E-state index is -1.07. The molecule has 1 atom stereocenters. The Morgan fingerprint density at radius 3 is 2.56 bits per heavy atom. The minimum absolute atomic E-state index is 0.0150. The van der Waals surface area contributed by atoms with Crippen molar-refractivity contribution >= 4 is 23.5 Å². The molecule has 3 N–H and O–H groups in total. The zero-order valence-electron chi connectivity index (χ0n) is 14.5. The quantitative estimate of drug-likeness (QED) is 0.702. The lowest BCUT2D eigenvalue weighted by Crippen LogP contribution is -2.38. The van der Waals surface area contributed by atoms with Gasteiger partial charge in [-0.3, -0.25) is 9.59 Å². The summed E-state index contributed by atoms with van der Waals surface area (Å²) in [5.41, 5.74) is 0.471. The van der Waals surface area contributed by atoms with Crippen LogP contribution in [0, 0.1) is 5.92 Å². The molecule has 0 bridgehead atoms. The first-order valence-corrected chi connectivity index (χ1v) is 8.42. The van der Waals surface area contributed by atoms with Crippen LogP contribution < -0.4 is 15.4 Å². The summed E-state index contributed by atoms with van der Waals surface area (Å²) in [4.78, 5) is 35.2. The number of carbonyl (C=O) groups excluding carboxylic acids is 2. The molecule has 1 fully saturated rings. The van der Waals surface area contributed by atoms with Gasteiger partial charge in [-0.1, -0.05) is 12.8 Å². The van der Waals surface area contributed by atoms with Gasteiger partial charge < -0.3 is 20.5 Å². The number of hydrogen-bond donors (Lipinski definition) is 3. The SMILES string of the molecule is COc1cc(C(=O)O)ccc1NC(=O)CC(C)NC(=O)C1CCCC1. The highest BCUT2D eigenvalue weighted by Gasteiger charge is 2.24. The van der Waals surface area contributed by atoms with Crippen molar-refractivity contribution < 1.29 is 24.2 Å². The predicted octanol–water partition coefficient (Wildman–Crippen LogP) is 2.42. The Kier molecular flexibility index (Phi) is 6.38. The second-order valence-corrected chi connectivity index (χ2v) is 6.36. The molecule has 1 aromatic rings. The summed E-state index contributed by atoms with van der Waals surface area (Å²) in [5, 5.41) is 14.6. The summed E-state index contributed by atoms with van der Waals surface area (Å²) >= 11 is 0. The van der Waals surface area contributed by atoms with E-state index in [0.717, 1.165) is 25.7 Å².